The van der Waals surface area contributed by atoms with E-state index >= 15 is 0 Å². The minimum atomic E-state index is 0.0307. The maximum Gasteiger partial charge on any atom is 0.254 e. The molecule has 1 N–H and O–H groups in total. The maximum absolute atomic E-state index is 13.0. The van der Waals surface area contributed by atoms with Crippen LogP contribution in [0.3, 0.4) is 0 Å². The third kappa shape index (κ3) is 4.17. The summed E-state index contributed by atoms with van der Waals surface area (Å²) < 4.78 is 7.91. The molecule has 0 saturated heterocycles. The molecule has 35 heavy (non-hydrogen) atoms. The van der Waals surface area contributed by atoms with Gasteiger partial charge in [0.1, 0.15) is 23.7 Å². The van der Waals surface area contributed by atoms with E-state index in [4.69, 9.17) is 4.74 Å². The molecule has 7 heteroatoms. The second-order valence-electron chi connectivity index (χ2n) is 8.85. The summed E-state index contributed by atoms with van der Waals surface area (Å²) in [7, 11) is 0. The van der Waals surface area contributed by atoms with Crippen molar-refractivity contribution < 1.29 is 9.53 Å². The fourth-order valence-corrected chi connectivity index (χ4v) is 4.58. The summed E-state index contributed by atoms with van der Waals surface area (Å²) in [6, 6.07) is 15.4. The zero-order valence-corrected chi connectivity index (χ0v) is 19.4. The van der Waals surface area contributed by atoms with Crippen molar-refractivity contribution in [3.05, 3.63) is 102 Å². The second kappa shape index (κ2) is 8.76. The Morgan fingerprint density at radius 2 is 2.00 bits per heavy atom. The molecule has 0 atom stereocenters. The molecular weight excluding hydrogens is 438 g/mol. The summed E-state index contributed by atoms with van der Waals surface area (Å²) in [5.41, 5.74) is 6.90. The zero-order chi connectivity index (χ0) is 23.8. The van der Waals surface area contributed by atoms with Gasteiger partial charge in [0.15, 0.2) is 0 Å². The fourth-order valence-electron chi connectivity index (χ4n) is 4.58. The van der Waals surface area contributed by atoms with Crippen molar-refractivity contribution in [3.8, 4) is 5.75 Å². The Hall–Kier alpha value is -4.39. The average molecular weight is 464 g/mol. The van der Waals surface area contributed by atoms with E-state index in [0.29, 0.717) is 31.0 Å². The van der Waals surface area contributed by atoms with Gasteiger partial charge in [-0.15, -0.1) is 0 Å². The number of imidazole rings is 1. The summed E-state index contributed by atoms with van der Waals surface area (Å²) in [6.45, 7) is 3.70. The topological polar surface area (TPSA) is 75.5 Å². The largest absolute Gasteiger partial charge is 0.487 e. The van der Waals surface area contributed by atoms with Crippen LogP contribution in [0.25, 0.3) is 22.3 Å². The first kappa shape index (κ1) is 21.2. The number of H-pyrrole nitrogens is 1. The van der Waals surface area contributed by atoms with E-state index in [9.17, 15) is 4.79 Å². The highest BCUT2D eigenvalue weighted by Gasteiger charge is 2.20. The van der Waals surface area contributed by atoms with Crippen LogP contribution in [0.2, 0.25) is 0 Å². The minimum Gasteiger partial charge on any atom is -0.487 e. The molecule has 6 rings (SSSR count). The highest BCUT2D eigenvalue weighted by atomic mass is 16.5. The first-order chi connectivity index (χ1) is 17.1. The van der Waals surface area contributed by atoms with Crippen molar-refractivity contribution in [3.63, 3.8) is 0 Å². The number of amides is 1. The van der Waals surface area contributed by atoms with Gasteiger partial charge in [-0.1, -0.05) is 12.1 Å². The van der Waals surface area contributed by atoms with Gasteiger partial charge in [-0.05, 0) is 66.9 Å². The number of carbonyl (C=O) groups excluding carboxylic acids is 1. The Balaban J connectivity index is 1.09. The Morgan fingerprint density at radius 3 is 2.83 bits per heavy atom. The molecule has 0 unspecified atom stereocenters. The Labute approximate surface area is 202 Å². The van der Waals surface area contributed by atoms with Crippen molar-refractivity contribution in [2.24, 2.45) is 0 Å². The third-order valence-electron chi connectivity index (χ3n) is 6.43. The predicted octanol–water partition coefficient (Wildman–Crippen LogP) is 5.03. The van der Waals surface area contributed by atoms with Gasteiger partial charge in [0.2, 0.25) is 0 Å². The number of aromatic nitrogens is 4. The number of carbonyl (C=O) groups is 1. The van der Waals surface area contributed by atoms with Gasteiger partial charge >= 0.3 is 0 Å². The zero-order valence-electron chi connectivity index (χ0n) is 19.4. The Bertz CT molecular complexity index is 1560. The second-order valence-corrected chi connectivity index (χ2v) is 8.85. The molecule has 1 aromatic carbocycles. The number of nitrogens with zero attached hydrogens (tertiary/aromatic N) is 4. The molecule has 4 aromatic heterocycles. The quantitative estimate of drug-likeness (QED) is 0.397. The lowest BCUT2D eigenvalue weighted by molar-refractivity contribution is 0.0773. The smallest absolute Gasteiger partial charge is 0.254 e. The fraction of sp³-hybridized carbons (Fsp3) is 0.179. The normalized spacial score (nSPS) is 13.9. The number of aryl methyl sites for hydroxylation is 1. The molecule has 7 nitrogen and oxygen atoms in total. The molecular formula is C28H25N5O2. The lowest BCUT2D eigenvalue weighted by Crippen LogP contribution is -2.34. The molecule has 0 spiro atoms. The Morgan fingerprint density at radius 1 is 1.11 bits per heavy atom. The van der Waals surface area contributed by atoms with Gasteiger partial charge in [0, 0.05) is 54.4 Å². The van der Waals surface area contributed by atoms with Crippen molar-refractivity contribution in [2.75, 3.05) is 13.1 Å². The summed E-state index contributed by atoms with van der Waals surface area (Å²) >= 11 is 0. The molecule has 1 aliphatic heterocycles. The van der Waals surface area contributed by atoms with Crippen molar-refractivity contribution in [2.45, 2.75) is 20.0 Å². The number of fused-ring (bicyclic) bond motifs is 2. The average Bonchev–Trinajstić information content (AvgIpc) is 3.51. The van der Waals surface area contributed by atoms with Gasteiger partial charge in [-0.25, -0.2) is 9.97 Å². The van der Waals surface area contributed by atoms with Gasteiger partial charge in [-0.2, -0.15) is 0 Å². The highest BCUT2D eigenvalue weighted by molar-refractivity contribution is 5.96. The summed E-state index contributed by atoms with van der Waals surface area (Å²) in [6.07, 6.45) is 10.8. The Kier molecular flexibility index (Phi) is 5.29. The molecule has 0 fully saturated rings. The van der Waals surface area contributed by atoms with E-state index in [1.54, 1.807) is 6.20 Å². The van der Waals surface area contributed by atoms with E-state index in [2.05, 4.69) is 34.0 Å². The lowest BCUT2D eigenvalue weighted by Gasteiger charge is -2.26. The summed E-state index contributed by atoms with van der Waals surface area (Å²) in [4.78, 5) is 27.1. The first-order valence-corrected chi connectivity index (χ1v) is 11.7. The summed E-state index contributed by atoms with van der Waals surface area (Å²) in [5.74, 6) is 0.742. The standard InChI is InChI=1S/C28H25N5O2/c1-19-4-9-26-31-22(17-33(26)16-19)18-35-23-7-5-21(6-8-23)28(34)32-13-10-20(11-14-32)25-15-30-27-24(25)3-2-12-29-27/h2-10,12,15-17H,11,13-14,18H2,1H3,(H,29,30). The highest BCUT2D eigenvalue weighted by Crippen LogP contribution is 2.29. The first-order valence-electron chi connectivity index (χ1n) is 11.7. The monoisotopic (exact) mass is 463 g/mol. The van der Waals surface area contributed by atoms with E-state index in [1.807, 2.05) is 70.4 Å². The third-order valence-corrected chi connectivity index (χ3v) is 6.43. The van der Waals surface area contributed by atoms with Gasteiger partial charge in [-0.3, -0.25) is 4.79 Å². The van der Waals surface area contributed by atoms with Crippen LogP contribution in [0.4, 0.5) is 0 Å². The number of aromatic amines is 1. The van der Waals surface area contributed by atoms with Crippen LogP contribution in [-0.2, 0) is 6.61 Å². The van der Waals surface area contributed by atoms with Crippen molar-refractivity contribution in [1.82, 2.24) is 24.3 Å². The molecule has 1 aliphatic rings. The lowest BCUT2D eigenvalue weighted by atomic mass is 9.99. The van der Waals surface area contributed by atoms with Gasteiger partial charge in [0.25, 0.3) is 5.91 Å². The number of nitrogens with one attached hydrogen (secondary N) is 1. The minimum absolute atomic E-state index is 0.0307. The van der Waals surface area contributed by atoms with Crippen molar-refractivity contribution >= 4 is 28.2 Å². The van der Waals surface area contributed by atoms with E-state index < -0.39 is 0 Å². The molecule has 0 saturated carbocycles. The van der Waals surface area contributed by atoms with E-state index in [1.165, 1.54) is 16.7 Å². The molecule has 1 amide bonds. The van der Waals surface area contributed by atoms with Crippen LogP contribution >= 0.6 is 0 Å². The molecule has 0 bridgehead atoms. The molecule has 0 aliphatic carbocycles. The molecule has 174 valence electrons. The predicted molar refractivity (Wildman–Crippen MR) is 135 cm³/mol. The number of hydrogen-bond donors (Lipinski definition) is 1. The van der Waals surface area contributed by atoms with Crippen LogP contribution in [0, 0.1) is 6.92 Å². The van der Waals surface area contributed by atoms with Crippen LogP contribution in [-0.4, -0.2) is 43.2 Å². The SMILES string of the molecule is Cc1ccc2nc(COc3ccc(C(=O)N4CC=C(c5c[nH]c6ncccc56)CC4)cc3)cn2c1. The molecule has 0 radical (unpaired) electrons. The van der Waals surface area contributed by atoms with Crippen LogP contribution in [0.15, 0.2) is 79.4 Å². The molecule has 5 heterocycles. The number of pyridine rings is 2. The van der Waals surface area contributed by atoms with E-state index in [-0.39, 0.29) is 5.91 Å². The van der Waals surface area contributed by atoms with Gasteiger partial charge < -0.3 is 19.0 Å². The van der Waals surface area contributed by atoms with E-state index in [0.717, 1.165) is 28.8 Å². The van der Waals surface area contributed by atoms with Crippen LogP contribution < -0.4 is 4.74 Å². The summed E-state index contributed by atoms with van der Waals surface area (Å²) in [5, 5.41) is 1.12. The number of hydrogen-bond acceptors (Lipinski definition) is 4. The van der Waals surface area contributed by atoms with Crippen molar-refractivity contribution in [1.29, 1.82) is 0 Å². The number of benzene rings is 1. The van der Waals surface area contributed by atoms with Gasteiger partial charge in [0.05, 0.1) is 5.69 Å². The van der Waals surface area contributed by atoms with Crippen LogP contribution in [0.5, 0.6) is 5.75 Å². The maximum atomic E-state index is 13.0. The van der Waals surface area contributed by atoms with Crippen LogP contribution in [0.1, 0.15) is 33.6 Å². The number of ether oxygens (including phenoxy) is 1. The molecule has 5 aromatic rings. The number of rotatable bonds is 5.